The van der Waals surface area contributed by atoms with Gasteiger partial charge in [-0.15, -0.1) is 0 Å². The molecule has 0 aromatic heterocycles. The van der Waals surface area contributed by atoms with Gasteiger partial charge in [-0.3, -0.25) is 9.59 Å². The molecule has 0 bridgehead atoms. The van der Waals surface area contributed by atoms with Crippen LogP contribution in [0.25, 0.3) is 0 Å². The summed E-state index contributed by atoms with van der Waals surface area (Å²) in [6, 6.07) is 6.72. The highest BCUT2D eigenvalue weighted by Gasteiger charge is 2.14. The van der Waals surface area contributed by atoms with Crippen LogP contribution in [0, 0.1) is 0 Å². The largest absolute Gasteiger partial charge is 0.481 e. The van der Waals surface area contributed by atoms with E-state index in [-0.39, 0.29) is 5.78 Å². The van der Waals surface area contributed by atoms with E-state index in [4.69, 9.17) is 5.11 Å². The number of hydrogen-bond acceptors (Lipinski definition) is 2. The molecule has 0 amide bonds. The molecule has 1 aromatic carbocycles. The third kappa shape index (κ3) is 3.91. The molecule has 1 atom stereocenters. The quantitative estimate of drug-likeness (QED) is 0.499. The van der Waals surface area contributed by atoms with E-state index < -0.39 is 11.9 Å². The number of Topliss-reactive ketones (excluding diaryl/α,β-unsaturated/α-hetero) is 1. The number of allylic oxidation sites excluding steroid dienone is 4. The zero-order chi connectivity index (χ0) is 14.4. The van der Waals surface area contributed by atoms with Gasteiger partial charge in [0.25, 0.3) is 0 Å². The van der Waals surface area contributed by atoms with Gasteiger partial charge in [0.2, 0.25) is 0 Å². The van der Waals surface area contributed by atoms with Crippen molar-refractivity contribution < 1.29 is 14.7 Å². The normalized spacial score (nSPS) is 13.5. The lowest BCUT2D eigenvalue weighted by Crippen LogP contribution is -2.08. The van der Waals surface area contributed by atoms with Crippen LogP contribution in [0.2, 0.25) is 0 Å². The van der Waals surface area contributed by atoms with Crippen molar-refractivity contribution in [1.82, 2.24) is 0 Å². The van der Waals surface area contributed by atoms with Crippen molar-refractivity contribution in [1.29, 1.82) is 0 Å². The van der Waals surface area contributed by atoms with Crippen molar-refractivity contribution in [2.24, 2.45) is 0 Å². The first-order valence-corrected chi connectivity index (χ1v) is 6.14. The molecule has 19 heavy (non-hydrogen) atoms. The molecule has 0 saturated heterocycles. The Labute approximate surface area is 113 Å². The summed E-state index contributed by atoms with van der Waals surface area (Å²) in [5, 5.41) is 8.92. The average molecular weight is 258 g/mol. The van der Waals surface area contributed by atoms with Gasteiger partial charge < -0.3 is 5.11 Å². The SMILES string of the molecule is C/C=C\C=C(/C)C(=O)c1ccc(C(C)C(=O)O)cc1. The number of carbonyl (C=O) groups is 2. The fraction of sp³-hybridized carbons (Fsp3) is 0.250. The first-order valence-electron chi connectivity index (χ1n) is 6.14. The summed E-state index contributed by atoms with van der Waals surface area (Å²) >= 11 is 0. The molecule has 0 heterocycles. The Morgan fingerprint density at radius 1 is 1.21 bits per heavy atom. The Hall–Kier alpha value is -2.16. The molecule has 0 aliphatic carbocycles. The summed E-state index contributed by atoms with van der Waals surface area (Å²) in [7, 11) is 0. The Morgan fingerprint density at radius 2 is 1.79 bits per heavy atom. The Kier molecular flexibility index (Phi) is 5.24. The number of benzene rings is 1. The van der Waals surface area contributed by atoms with E-state index in [9.17, 15) is 9.59 Å². The maximum absolute atomic E-state index is 12.0. The Bertz CT molecular complexity index is 521. The van der Waals surface area contributed by atoms with Crippen LogP contribution in [0.4, 0.5) is 0 Å². The summed E-state index contributed by atoms with van der Waals surface area (Å²) < 4.78 is 0. The zero-order valence-electron chi connectivity index (χ0n) is 11.4. The number of carboxylic acids is 1. The number of carboxylic acid groups (broad SMARTS) is 1. The van der Waals surface area contributed by atoms with Crippen LogP contribution in [0.3, 0.4) is 0 Å². The van der Waals surface area contributed by atoms with Gasteiger partial charge in [0.1, 0.15) is 0 Å². The molecule has 0 radical (unpaired) electrons. The minimum absolute atomic E-state index is 0.0485. The lowest BCUT2D eigenvalue weighted by Gasteiger charge is -2.07. The van der Waals surface area contributed by atoms with Crippen molar-refractivity contribution in [3.8, 4) is 0 Å². The lowest BCUT2D eigenvalue weighted by molar-refractivity contribution is -0.138. The van der Waals surface area contributed by atoms with Crippen LogP contribution < -0.4 is 0 Å². The minimum Gasteiger partial charge on any atom is -0.481 e. The van der Waals surface area contributed by atoms with E-state index in [0.29, 0.717) is 16.7 Å². The summed E-state index contributed by atoms with van der Waals surface area (Å²) in [4.78, 5) is 22.9. The Morgan fingerprint density at radius 3 is 2.26 bits per heavy atom. The van der Waals surface area contributed by atoms with Crippen LogP contribution in [0.15, 0.2) is 48.1 Å². The van der Waals surface area contributed by atoms with E-state index in [2.05, 4.69) is 0 Å². The number of ketones is 1. The molecule has 3 heteroatoms. The van der Waals surface area contributed by atoms with Crippen LogP contribution in [-0.2, 0) is 4.79 Å². The second-order valence-electron chi connectivity index (χ2n) is 4.39. The molecular formula is C16H18O3. The van der Waals surface area contributed by atoms with E-state index in [0.717, 1.165) is 0 Å². The smallest absolute Gasteiger partial charge is 0.310 e. The number of hydrogen-bond donors (Lipinski definition) is 1. The van der Waals surface area contributed by atoms with Gasteiger partial charge in [0, 0.05) is 5.56 Å². The number of rotatable bonds is 5. The monoisotopic (exact) mass is 258 g/mol. The van der Waals surface area contributed by atoms with Crippen LogP contribution >= 0.6 is 0 Å². The van der Waals surface area contributed by atoms with E-state index in [1.807, 2.05) is 19.1 Å². The molecule has 1 aromatic rings. The molecule has 100 valence electrons. The van der Waals surface area contributed by atoms with Crippen LogP contribution in [0.5, 0.6) is 0 Å². The third-order valence-electron chi connectivity index (χ3n) is 2.94. The molecule has 0 saturated carbocycles. The number of aliphatic carboxylic acids is 1. The fourth-order valence-electron chi connectivity index (χ4n) is 1.61. The summed E-state index contributed by atoms with van der Waals surface area (Å²) in [6.45, 7) is 5.27. The minimum atomic E-state index is -0.872. The van der Waals surface area contributed by atoms with Gasteiger partial charge in [-0.25, -0.2) is 0 Å². The second kappa shape index (κ2) is 6.69. The van der Waals surface area contributed by atoms with Gasteiger partial charge in [-0.1, -0.05) is 42.5 Å². The van der Waals surface area contributed by atoms with Crippen molar-refractivity contribution in [2.45, 2.75) is 26.7 Å². The van der Waals surface area contributed by atoms with Crippen molar-refractivity contribution in [2.75, 3.05) is 0 Å². The van der Waals surface area contributed by atoms with Crippen molar-refractivity contribution in [3.63, 3.8) is 0 Å². The van der Waals surface area contributed by atoms with E-state index in [1.54, 1.807) is 44.2 Å². The van der Waals surface area contributed by atoms with E-state index >= 15 is 0 Å². The molecule has 3 nitrogen and oxygen atoms in total. The zero-order valence-corrected chi connectivity index (χ0v) is 11.4. The molecule has 0 spiro atoms. The highest BCUT2D eigenvalue weighted by molar-refractivity contribution is 6.08. The predicted octanol–water partition coefficient (Wildman–Crippen LogP) is 3.58. The summed E-state index contributed by atoms with van der Waals surface area (Å²) in [6.07, 6.45) is 5.43. The van der Waals surface area contributed by atoms with Gasteiger partial charge >= 0.3 is 5.97 Å². The first kappa shape index (κ1) is 14.9. The highest BCUT2D eigenvalue weighted by atomic mass is 16.4. The average Bonchev–Trinajstić information content (AvgIpc) is 2.43. The fourth-order valence-corrected chi connectivity index (χ4v) is 1.61. The molecule has 1 unspecified atom stereocenters. The standard InChI is InChI=1S/C16H18O3/c1-4-5-6-11(2)15(17)14-9-7-13(8-10-14)12(3)16(18)19/h4-10,12H,1-3H3,(H,18,19)/b5-4-,11-6+. The van der Waals surface area contributed by atoms with Crippen molar-refractivity contribution in [3.05, 3.63) is 59.2 Å². The number of carbonyl (C=O) groups excluding carboxylic acids is 1. The summed E-state index contributed by atoms with van der Waals surface area (Å²) in [5.74, 6) is -1.49. The molecule has 0 aliphatic heterocycles. The van der Waals surface area contributed by atoms with Gasteiger partial charge in [0.15, 0.2) is 5.78 Å². The molecule has 1 rings (SSSR count). The molecule has 1 N–H and O–H groups in total. The summed E-state index contributed by atoms with van der Waals surface area (Å²) in [5.41, 5.74) is 1.91. The topological polar surface area (TPSA) is 54.4 Å². The Balaban J connectivity index is 2.93. The third-order valence-corrected chi connectivity index (χ3v) is 2.94. The lowest BCUT2D eigenvalue weighted by atomic mass is 9.97. The molecular weight excluding hydrogens is 240 g/mol. The van der Waals surface area contributed by atoms with E-state index in [1.165, 1.54) is 0 Å². The second-order valence-corrected chi connectivity index (χ2v) is 4.39. The maximum Gasteiger partial charge on any atom is 0.310 e. The van der Waals surface area contributed by atoms with Crippen LogP contribution in [-0.4, -0.2) is 16.9 Å². The van der Waals surface area contributed by atoms with Crippen LogP contribution in [0.1, 0.15) is 42.6 Å². The molecule has 0 aliphatic rings. The van der Waals surface area contributed by atoms with Crippen molar-refractivity contribution >= 4 is 11.8 Å². The predicted molar refractivity (Wildman–Crippen MR) is 75.4 cm³/mol. The highest BCUT2D eigenvalue weighted by Crippen LogP contribution is 2.17. The van der Waals surface area contributed by atoms with Gasteiger partial charge in [-0.2, -0.15) is 0 Å². The van der Waals surface area contributed by atoms with Gasteiger partial charge in [-0.05, 0) is 31.9 Å². The molecule has 0 fully saturated rings. The van der Waals surface area contributed by atoms with Gasteiger partial charge in [0.05, 0.1) is 5.92 Å². The first-order chi connectivity index (χ1) is 8.97. The maximum atomic E-state index is 12.0.